The maximum atomic E-state index is 13.0. The normalized spacial score (nSPS) is 11.0. The maximum Gasteiger partial charge on any atom is 0.252 e. The first-order valence-electron chi connectivity index (χ1n) is 7.63. The molecule has 2 aromatic heterocycles. The number of carbonyl (C=O) groups is 1. The fraction of sp³-hybridized carbons (Fsp3) is 0.235. The fourth-order valence-corrected chi connectivity index (χ4v) is 2.84. The highest BCUT2D eigenvalue weighted by Gasteiger charge is 2.13. The van der Waals surface area contributed by atoms with Crippen LogP contribution in [-0.2, 0) is 13.0 Å². The lowest BCUT2D eigenvalue weighted by molar-refractivity contribution is 0.0954. The van der Waals surface area contributed by atoms with Crippen molar-refractivity contribution in [1.29, 1.82) is 0 Å². The second kappa shape index (κ2) is 6.97. The molecule has 1 amide bonds. The standard InChI is InChI=1S/C17H16ClFN4O/c1-2-23-15(22-14-4-3-8-20-16(14)23)7-9-21-17(24)12-6-5-11(19)10-13(12)18/h3-6,8,10H,2,7,9H2,1H3,(H,21,24). The minimum absolute atomic E-state index is 0.0949. The lowest BCUT2D eigenvalue weighted by Gasteiger charge is -2.08. The van der Waals surface area contributed by atoms with E-state index in [1.807, 2.05) is 23.6 Å². The third-order valence-electron chi connectivity index (χ3n) is 3.71. The number of aryl methyl sites for hydroxylation is 1. The summed E-state index contributed by atoms with van der Waals surface area (Å²) in [6, 6.07) is 7.46. The molecular weight excluding hydrogens is 331 g/mol. The largest absolute Gasteiger partial charge is 0.352 e. The Balaban J connectivity index is 1.69. The number of hydrogen-bond acceptors (Lipinski definition) is 3. The van der Waals surface area contributed by atoms with Crippen molar-refractivity contribution in [2.45, 2.75) is 19.9 Å². The Morgan fingerprint density at radius 2 is 2.21 bits per heavy atom. The number of carbonyl (C=O) groups excluding carboxylic acids is 1. The summed E-state index contributed by atoms with van der Waals surface area (Å²) in [4.78, 5) is 21.0. The van der Waals surface area contributed by atoms with Crippen LogP contribution in [0.5, 0.6) is 0 Å². The van der Waals surface area contributed by atoms with Crippen molar-refractivity contribution in [3.63, 3.8) is 0 Å². The predicted octanol–water partition coefficient (Wildman–Crippen LogP) is 3.22. The number of hydrogen-bond donors (Lipinski definition) is 1. The summed E-state index contributed by atoms with van der Waals surface area (Å²) in [7, 11) is 0. The van der Waals surface area contributed by atoms with Crippen molar-refractivity contribution in [2.24, 2.45) is 0 Å². The van der Waals surface area contributed by atoms with E-state index in [9.17, 15) is 9.18 Å². The molecule has 124 valence electrons. The van der Waals surface area contributed by atoms with E-state index in [0.29, 0.717) is 13.0 Å². The molecule has 5 nitrogen and oxygen atoms in total. The summed E-state index contributed by atoms with van der Waals surface area (Å²) >= 11 is 5.90. The monoisotopic (exact) mass is 346 g/mol. The number of nitrogens with zero attached hydrogens (tertiary/aromatic N) is 3. The van der Waals surface area contributed by atoms with Crippen LogP contribution in [0.15, 0.2) is 36.5 Å². The summed E-state index contributed by atoms with van der Waals surface area (Å²) < 4.78 is 15.1. The van der Waals surface area contributed by atoms with E-state index in [-0.39, 0.29) is 16.5 Å². The average Bonchev–Trinajstić information content (AvgIpc) is 2.92. The van der Waals surface area contributed by atoms with Crippen LogP contribution in [0.3, 0.4) is 0 Å². The van der Waals surface area contributed by atoms with Gasteiger partial charge < -0.3 is 9.88 Å². The summed E-state index contributed by atoms with van der Waals surface area (Å²) in [5.74, 6) is 0.0506. The van der Waals surface area contributed by atoms with Crippen LogP contribution in [0.4, 0.5) is 4.39 Å². The first-order valence-corrected chi connectivity index (χ1v) is 8.01. The molecule has 3 aromatic rings. The van der Waals surface area contributed by atoms with Crippen molar-refractivity contribution in [2.75, 3.05) is 6.54 Å². The van der Waals surface area contributed by atoms with Gasteiger partial charge in [0.05, 0.1) is 10.6 Å². The predicted molar refractivity (Wildman–Crippen MR) is 90.6 cm³/mol. The van der Waals surface area contributed by atoms with Gasteiger partial charge in [-0.05, 0) is 37.3 Å². The molecule has 0 saturated carbocycles. The lowest BCUT2D eigenvalue weighted by Crippen LogP contribution is -2.26. The van der Waals surface area contributed by atoms with Crippen molar-refractivity contribution in [3.05, 3.63) is 58.8 Å². The van der Waals surface area contributed by atoms with Crippen molar-refractivity contribution in [1.82, 2.24) is 19.9 Å². The molecule has 0 atom stereocenters. The fourth-order valence-electron chi connectivity index (χ4n) is 2.59. The van der Waals surface area contributed by atoms with Crippen LogP contribution in [0.2, 0.25) is 5.02 Å². The molecule has 0 unspecified atom stereocenters. The van der Waals surface area contributed by atoms with Crippen molar-refractivity contribution >= 4 is 28.7 Å². The van der Waals surface area contributed by atoms with Gasteiger partial charge in [-0.15, -0.1) is 0 Å². The molecule has 0 aliphatic rings. The molecule has 1 N–H and O–H groups in total. The number of amides is 1. The highest BCUT2D eigenvalue weighted by Crippen LogP contribution is 2.17. The van der Waals surface area contributed by atoms with Gasteiger partial charge in [-0.25, -0.2) is 14.4 Å². The third-order valence-corrected chi connectivity index (χ3v) is 4.02. The summed E-state index contributed by atoms with van der Waals surface area (Å²) in [6.45, 7) is 3.17. The summed E-state index contributed by atoms with van der Waals surface area (Å²) in [5, 5.41) is 2.88. The van der Waals surface area contributed by atoms with Crippen LogP contribution in [0.1, 0.15) is 23.1 Å². The minimum atomic E-state index is -0.472. The zero-order chi connectivity index (χ0) is 17.1. The van der Waals surface area contributed by atoms with Gasteiger partial charge >= 0.3 is 0 Å². The Labute approximate surface area is 143 Å². The molecule has 0 aliphatic carbocycles. The molecule has 1 aromatic carbocycles. The Hall–Kier alpha value is -2.47. The van der Waals surface area contributed by atoms with Gasteiger partial charge in [0.2, 0.25) is 0 Å². The first-order chi connectivity index (χ1) is 11.6. The summed E-state index contributed by atoms with van der Waals surface area (Å²) in [5.41, 5.74) is 1.92. The number of pyridine rings is 1. The van der Waals surface area contributed by atoms with Crippen LogP contribution in [-0.4, -0.2) is 27.0 Å². The molecule has 7 heteroatoms. The number of rotatable bonds is 5. The number of aromatic nitrogens is 3. The molecular formula is C17H16ClFN4O. The second-order valence-corrected chi connectivity index (χ2v) is 5.66. The SMILES string of the molecule is CCn1c(CCNC(=O)c2ccc(F)cc2Cl)nc2cccnc21. The molecule has 0 radical (unpaired) electrons. The second-order valence-electron chi connectivity index (χ2n) is 5.25. The molecule has 3 rings (SSSR count). The highest BCUT2D eigenvalue weighted by atomic mass is 35.5. The number of benzene rings is 1. The molecule has 0 fully saturated rings. The molecule has 24 heavy (non-hydrogen) atoms. The first kappa shape index (κ1) is 16.4. The number of halogens is 2. The van der Waals surface area contributed by atoms with Gasteiger partial charge in [0.1, 0.15) is 17.2 Å². The quantitative estimate of drug-likeness (QED) is 0.771. The van der Waals surface area contributed by atoms with Crippen molar-refractivity contribution < 1.29 is 9.18 Å². The number of imidazole rings is 1. The number of fused-ring (bicyclic) bond motifs is 1. The van der Waals surface area contributed by atoms with Crippen LogP contribution < -0.4 is 5.32 Å². The number of nitrogens with one attached hydrogen (secondary N) is 1. The molecule has 0 aliphatic heterocycles. The Kier molecular flexibility index (Phi) is 4.76. The van der Waals surface area contributed by atoms with E-state index in [2.05, 4.69) is 15.3 Å². The van der Waals surface area contributed by atoms with E-state index in [4.69, 9.17) is 11.6 Å². The van der Waals surface area contributed by atoms with Gasteiger partial charge in [0, 0.05) is 25.7 Å². The zero-order valence-corrected chi connectivity index (χ0v) is 13.8. The van der Waals surface area contributed by atoms with Gasteiger partial charge in [-0.3, -0.25) is 4.79 Å². The zero-order valence-electron chi connectivity index (χ0n) is 13.1. The highest BCUT2D eigenvalue weighted by molar-refractivity contribution is 6.33. The van der Waals surface area contributed by atoms with Gasteiger partial charge in [-0.1, -0.05) is 11.6 Å². The van der Waals surface area contributed by atoms with E-state index >= 15 is 0 Å². The molecule has 2 heterocycles. The minimum Gasteiger partial charge on any atom is -0.352 e. The van der Waals surface area contributed by atoms with Crippen LogP contribution >= 0.6 is 11.6 Å². The summed E-state index contributed by atoms with van der Waals surface area (Å²) in [6.07, 6.45) is 2.30. The third kappa shape index (κ3) is 3.23. The smallest absolute Gasteiger partial charge is 0.252 e. The van der Waals surface area contributed by atoms with E-state index in [1.165, 1.54) is 12.1 Å². The van der Waals surface area contributed by atoms with Gasteiger partial charge in [0.25, 0.3) is 5.91 Å². The Bertz CT molecular complexity index is 893. The Morgan fingerprint density at radius 3 is 2.96 bits per heavy atom. The average molecular weight is 347 g/mol. The van der Waals surface area contributed by atoms with Gasteiger partial charge in [0.15, 0.2) is 5.65 Å². The van der Waals surface area contributed by atoms with E-state index < -0.39 is 5.82 Å². The molecule has 0 spiro atoms. The van der Waals surface area contributed by atoms with Gasteiger partial charge in [-0.2, -0.15) is 0 Å². The van der Waals surface area contributed by atoms with E-state index in [0.717, 1.165) is 29.6 Å². The topological polar surface area (TPSA) is 59.8 Å². The van der Waals surface area contributed by atoms with E-state index in [1.54, 1.807) is 6.20 Å². The maximum absolute atomic E-state index is 13.0. The molecule has 0 saturated heterocycles. The van der Waals surface area contributed by atoms with Crippen LogP contribution in [0.25, 0.3) is 11.2 Å². The lowest BCUT2D eigenvalue weighted by atomic mass is 10.2. The van der Waals surface area contributed by atoms with Crippen molar-refractivity contribution in [3.8, 4) is 0 Å². The molecule has 0 bridgehead atoms. The van der Waals surface area contributed by atoms with Crippen LogP contribution in [0, 0.1) is 5.82 Å². The Morgan fingerprint density at radius 1 is 1.38 bits per heavy atom.